The first kappa shape index (κ1) is 32.4. The van der Waals surface area contributed by atoms with E-state index in [0.717, 1.165) is 25.7 Å². The van der Waals surface area contributed by atoms with Gasteiger partial charge in [-0.25, -0.2) is 9.59 Å². The Hall–Kier alpha value is -5.51. The summed E-state index contributed by atoms with van der Waals surface area (Å²) in [6.07, 6.45) is 5.32. The Morgan fingerprint density at radius 2 is 1.22 bits per heavy atom. The standard InChI is InChI=1S/C35H34N2O8/c1-3-5-21-42-30-15-7-25(8-16-30)34(38)44-32-19-20-33(27(23-32)24-36-28-11-13-29(14-12-28)37(40)41)45-35(39)26-9-17-31(18-10-26)43-22-6-4-2/h7-20,23-24H,3-6,21-22H2,1-2H3. The molecular weight excluding hydrogens is 576 g/mol. The highest BCUT2D eigenvalue weighted by Crippen LogP contribution is 2.27. The maximum atomic E-state index is 13.0. The zero-order valence-corrected chi connectivity index (χ0v) is 25.1. The third kappa shape index (κ3) is 9.75. The van der Waals surface area contributed by atoms with Gasteiger partial charge in [-0.05, 0) is 91.7 Å². The molecule has 0 atom stereocenters. The number of non-ortho nitro benzene ring substituents is 1. The lowest BCUT2D eigenvalue weighted by atomic mass is 10.2. The molecule has 0 aliphatic heterocycles. The van der Waals surface area contributed by atoms with E-state index in [1.54, 1.807) is 48.5 Å². The molecule has 0 saturated carbocycles. The summed E-state index contributed by atoms with van der Waals surface area (Å²) < 4.78 is 22.6. The summed E-state index contributed by atoms with van der Waals surface area (Å²) in [6, 6.07) is 23.5. The Bertz CT molecular complexity index is 1620. The molecule has 0 bridgehead atoms. The monoisotopic (exact) mass is 610 g/mol. The molecule has 0 fully saturated rings. The van der Waals surface area contributed by atoms with E-state index in [4.69, 9.17) is 18.9 Å². The summed E-state index contributed by atoms with van der Waals surface area (Å²) in [4.78, 5) is 40.7. The molecule has 45 heavy (non-hydrogen) atoms. The Morgan fingerprint density at radius 1 is 0.711 bits per heavy atom. The second-order valence-electron chi connectivity index (χ2n) is 9.96. The van der Waals surface area contributed by atoms with Gasteiger partial charge in [-0.2, -0.15) is 0 Å². The molecule has 0 aliphatic rings. The molecule has 10 nitrogen and oxygen atoms in total. The zero-order chi connectivity index (χ0) is 32.0. The predicted octanol–water partition coefficient (Wildman–Crippen LogP) is 8.14. The molecule has 0 amide bonds. The van der Waals surface area contributed by atoms with Gasteiger partial charge in [0, 0.05) is 23.9 Å². The van der Waals surface area contributed by atoms with Gasteiger partial charge in [-0.1, -0.05) is 26.7 Å². The van der Waals surface area contributed by atoms with E-state index in [9.17, 15) is 19.7 Å². The van der Waals surface area contributed by atoms with Crippen LogP contribution in [0.15, 0.2) is 96.0 Å². The van der Waals surface area contributed by atoms with Crippen molar-refractivity contribution in [2.45, 2.75) is 39.5 Å². The summed E-state index contributed by atoms with van der Waals surface area (Å²) in [7, 11) is 0. The number of nitro benzene ring substituents is 1. The van der Waals surface area contributed by atoms with Crippen molar-refractivity contribution in [3.05, 3.63) is 118 Å². The van der Waals surface area contributed by atoms with E-state index >= 15 is 0 Å². The van der Waals surface area contributed by atoms with Gasteiger partial charge < -0.3 is 18.9 Å². The first-order chi connectivity index (χ1) is 21.9. The minimum absolute atomic E-state index is 0.0696. The molecule has 0 N–H and O–H groups in total. The van der Waals surface area contributed by atoms with E-state index in [1.165, 1.54) is 48.7 Å². The third-order valence-corrected chi connectivity index (χ3v) is 6.52. The fourth-order valence-corrected chi connectivity index (χ4v) is 3.96. The number of carbonyl (C=O) groups excluding carboxylic acids is 2. The Balaban J connectivity index is 1.53. The predicted molar refractivity (Wildman–Crippen MR) is 170 cm³/mol. The highest BCUT2D eigenvalue weighted by molar-refractivity contribution is 5.94. The van der Waals surface area contributed by atoms with Gasteiger partial charge in [-0.15, -0.1) is 0 Å². The third-order valence-electron chi connectivity index (χ3n) is 6.52. The minimum Gasteiger partial charge on any atom is -0.494 e. The van der Waals surface area contributed by atoms with Crippen LogP contribution in [-0.2, 0) is 0 Å². The molecule has 4 rings (SSSR count). The van der Waals surface area contributed by atoms with Gasteiger partial charge in [-0.3, -0.25) is 15.1 Å². The number of hydrogen-bond donors (Lipinski definition) is 0. The van der Waals surface area contributed by atoms with E-state index in [0.29, 0.717) is 47.1 Å². The Morgan fingerprint density at radius 3 is 1.73 bits per heavy atom. The molecule has 0 aromatic heterocycles. The molecule has 0 heterocycles. The van der Waals surface area contributed by atoms with Crippen molar-refractivity contribution in [1.29, 1.82) is 0 Å². The maximum absolute atomic E-state index is 13.0. The fraction of sp³-hybridized carbons (Fsp3) is 0.229. The number of carbonyl (C=O) groups is 2. The molecule has 0 saturated heterocycles. The van der Waals surface area contributed by atoms with E-state index in [2.05, 4.69) is 18.8 Å². The smallest absolute Gasteiger partial charge is 0.343 e. The van der Waals surface area contributed by atoms with Crippen molar-refractivity contribution >= 4 is 29.5 Å². The number of unbranched alkanes of at least 4 members (excludes halogenated alkanes) is 2. The molecule has 0 aliphatic carbocycles. The number of rotatable bonds is 15. The molecule has 0 radical (unpaired) electrons. The maximum Gasteiger partial charge on any atom is 0.343 e. The van der Waals surface area contributed by atoms with E-state index < -0.39 is 16.9 Å². The number of esters is 2. The number of hydrogen-bond acceptors (Lipinski definition) is 9. The van der Waals surface area contributed by atoms with Crippen LogP contribution in [0.25, 0.3) is 0 Å². The van der Waals surface area contributed by atoms with Crippen LogP contribution in [0, 0.1) is 10.1 Å². The molecular formula is C35H34N2O8. The molecule has 0 unspecified atom stereocenters. The normalized spacial score (nSPS) is 10.8. The van der Waals surface area contributed by atoms with Crippen LogP contribution in [0.1, 0.15) is 65.8 Å². The van der Waals surface area contributed by atoms with Gasteiger partial charge in [0.25, 0.3) is 5.69 Å². The largest absolute Gasteiger partial charge is 0.494 e. The average molecular weight is 611 g/mol. The lowest BCUT2D eigenvalue weighted by Gasteiger charge is -2.11. The minimum atomic E-state index is -0.605. The van der Waals surface area contributed by atoms with Crippen molar-refractivity contribution in [3.63, 3.8) is 0 Å². The average Bonchev–Trinajstić information content (AvgIpc) is 3.05. The first-order valence-electron chi connectivity index (χ1n) is 14.7. The highest BCUT2D eigenvalue weighted by Gasteiger charge is 2.15. The van der Waals surface area contributed by atoms with E-state index in [1.807, 2.05) is 0 Å². The van der Waals surface area contributed by atoms with Crippen molar-refractivity contribution in [3.8, 4) is 23.0 Å². The lowest BCUT2D eigenvalue weighted by molar-refractivity contribution is -0.384. The number of aliphatic imine (C=N–C) groups is 1. The quantitative estimate of drug-likeness (QED) is 0.0330. The summed E-state index contributed by atoms with van der Waals surface area (Å²) in [5.74, 6) is 0.491. The second-order valence-corrected chi connectivity index (χ2v) is 9.96. The lowest BCUT2D eigenvalue weighted by Crippen LogP contribution is -2.11. The van der Waals surface area contributed by atoms with Crippen LogP contribution in [0.2, 0.25) is 0 Å². The van der Waals surface area contributed by atoms with Crippen LogP contribution >= 0.6 is 0 Å². The molecule has 4 aromatic carbocycles. The second kappa shape index (κ2) is 16.4. The van der Waals surface area contributed by atoms with Crippen molar-refractivity contribution in [2.75, 3.05) is 13.2 Å². The highest BCUT2D eigenvalue weighted by atomic mass is 16.6. The molecule has 4 aromatic rings. The Labute approximate surface area is 261 Å². The molecule has 0 spiro atoms. The van der Waals surface area contributed by atoms with Gasteiger partial charge >= 0.3 is 11.9 Å². The van der Waals surface area contributed by atoms with Crippen LogP contribution in [0.4, 0.5) is 11.4 Å². The summed E-state index contributed by atoms with van der Waals surface area (Å²) >= 11 is 0. The summed E-state index contributed by atoms with van der Waals surface area (Å²) in [5, 5.41) is 11.0. The van der Waals surface area contributed by atoms with Crippen molar-refractivity contribution in [1.82, 2.24) is 0 Å². The number of benzene rings is 4. The zero-order valence-electron chi connectivity index (χ0n) is 25.1. The first-order valence-corrected chi connectivity index (χ1v) is 14.7. The van der Waals surface area contributed by atoms with Crippen molar-refractivity contribution < 1.29 is 33.5 Å². The number of nitro groups is 1. The molecule has 232 valence electrons. The Kier molecular flexibility index (Phi) is 11.8. The van der Waals surface area contributed by atoms with Gasteiger partial charge in [0.2, 0.25) is 0 Å². The molecule has 10 heteroatoms. The summed E-state index contributed by atoms with van der Waals surface area (Å²) in [6.45, 7) is 5.34. The number of ether oxygens (including phenoxy) is 4. The number of nitrogens with zero attached hydrogens (tertiary/aromatic N) is 2. The van der Waals surface area contributed by atoms with Crippen LogP contribution in [-0.4, -0.2) is 36.3 Å². The van der Waals surface area contributed by atoms with Crippen LogP contribution in [0.3, 0.4) is 0 Å². The van der Waals surface area contributed by atoms with E-state index in [-0.39, 0.29) is 17.2 Å². The van der Waals surface area contributed by atoms with Crippen LogP contribution in [0.5, 0.6) is 23.0 Å². The van der Waals surface area contributed by atoms with Crippen LogP contribution < -0.4 is 18.9 Å². The topological polar surface area (TPSA) is 127 Å². The van der Waals surface area contributed by atoms with Gasteiger partial charge in [0.05, 0.1) is 35.0 Å². The van der Waals surface area contributed by atoms with Crippen molar-refractivity contribution in [2.24, 2.45) is 4.99 Å². The summed E-state index contributed by atoms with van der Waals surface area (Å²) in [5.41, 5.74) is 1.34. The van der Waals surface area contributed by atoms with Gasteiger partial charge in [0.1, 0.15) is 23.0 Å². The fourth-order valence-electron chi connectivity index (χ4n) is 3.96. The SMILES string of the molecule is CCCCOc1ccc(C(=O)Oc2ccc(OC(=O)c3ccc(OCCCC)cc3)c(C=Nc3ccc([N+](=O)[O-])cc3)c2)cc1. The van der Waals surface area contributed by atoms with Gasteiger partial charge in [0.15, 0.2) is 0 Å².